The van der Waals surface area contributed by atoms with Crippen molar-refractivity contribution in [3.63, 3.8) is 0 Å². The summed E-state index contributed by atoms with van der Waals surface area (Å²) in [5.74, 6) is -2.15. The first-order chi connectivity index (χ1) is 14.3. The van der Waals surface area contributed by atoms with E-state index < -0.39 is 17.9 Å². The fraction of sp³-hybridized carbons (Fsp3) is 0.211. The smallest absolute Gasteiger partial charge is 0.337 e. The Kier molecular flexibility index (Phi) is 4.94. The molecule has 3 heterocycles. The van der Waals surface area contributed by atoms with Crippen molar-refractivity contribution in [2.75, 3.05) is 7.05 Å². The lowest BCUT2D eigenvalue weighted by molar-refractivity contribution is -0.146. The van der Waals surface area contributed by atoms with E-state index >= 15 is 0 Å². The summed E-state index contributed by atoms with van der Waals surface area (Å²) in [5.41, 5.74) is 1.94. The molecule has 4 rings (SSSR count). The number of hydrogen-bond donors (Lipinski definition) is 0. The molecule has 3 aromatic heterocycles. The minimum atomic E-state index is -4.71. The average molecular weight is 416 g/mol. The molecule has 0 aliphatic rings. The lowest BCUT2D eigenvalue weighted by atomic mass is 10.2. The predicted octanol–water partition coefficient (Wildman–Crippen LogP) is 3.15. The summed E-state index contributed by atoms with van der Waals surface area (Å²) in [6.45, 7) is 0.260. The van der Waals surface area contributed by atoms with Gasteiger partial charge in [-0.25, -0.2) is 9.67 Å². The second-order valence-electron chi connectivity index (χ2n) is 6.60. The van der Waals surface area contributed by atoms with Gasteiger partial charge in [-0.2, -0.15) is 23.3 Å². The number of carbonyl (C=O) groups excluding carboxylic acids is 1. The van der Waals surface area contributed by atoms with Crippen LogP contribution in [0.1, 0.15) is 27.6 Å². The number of alkyl halides is 3. The maximum absolute atomic E-state index is 12.6. The third-order valence-electron chi connectivity index (χ3n) is 4.34. The number of nitrogens with zero attached hydrogens (tertiary/aromatic N) is 6. The van der Waals surface area contributed by atoms with Crippen molar-refractivity contribution in [2.24, 2.45) is 0 Å². The first kappa shape index (κ1) is 19.6. The average Bonchev–Trinajstić information content (AvgIpc) is 3.35. The predicted molar refractivity (Wildman–Crippen MR) is 98.2 cm³/mol. The maximum atomic E-state index is 12.6. The van der Waals surface area contributed by atoms with Crippen LogP contribution in [0, 0.1) is 0 Å². The van der Waals surface area contributed by atoms with Crippen molar-refractivity contribution in [2.45, 2.75) is 19.3 Å². The molecule has 0 bridgehead atoms. The summed E-state index contributed by atoms with van der Waals surface area (Å²) in [6.07, 6.45) is -1.70. The Morgan fingerprint density at radius 3 is 2.67 bits per heavy atom. The monoisotopic (exact) mass is 416 g/mol. The number of pyridine rings is 1. The van der Waals surface area contributed by atoms with Crippen LogP contribution in [0.2, 0.25) is 0 Å². The van der Waals surface area contributed by atoms with Gasteiger partial charge in [-0.15, -0.1) is 0 Å². The molecular formula is C19H15F3N6O2. The summed E-state index contributed by atoms with van der Waals surface area (Å²) >= 11 is 0. The Bertz CT molecular complexity index is 1190. The van der Waals surface area contributed by atoms with Crippen LogP contribution in [-0.4, -0.2) is 42.8 Å². The van der Waals surface area contributed by atoms with E-state index in [0.29, 0.717) is 17.6 Å². The molecule has 11 heteroatoms. The van der Waals surface area contributed by atoms with Gasteiger partial charge in [0.1, 0.15) is 0 Å². The van der Waals surface area contributed by atoms with Gasteiger partial charge in [0, 0.05) is 18.6 Å². The van der Waals surface area contributed by atoms with Gasteiger partial charge < -0.3 is 9.42 Å². The Morgan fingerprint density at radius 1 is 1.20 bits per heavy atom. The van der Waals surface area contributed by atoms with Gasteiger partial charge in [0.25, 0.3) is 11.7 Å². The van der Waals surface area contributed by atoms with E-state index in [0.717, 1.165) is 5.56 Å². The lowest BCUT2D eigenvalue weighted by Gasteiger charge is -2.14. The van der Waals surface area contributed by atoms with Gasteiger partial charge in [-0.3, -0.25) is 4.79 Å². The summed E-state index contributed by atoms with van der Waals surface area (Å²) in [4.78, 5) is 21.4. The van der Waals surface area contributed by atoms with Gasteiger partial charge in [0.2, 0.25) is 5.89 Å². The van der Waals surface area contributed by atoms with E-state index in [4.69, 9.17) is 0 Å². The first-order valence-electron chi connectivity index (χ1n) is 8.82. The fourth-order valence-electron chi connectivity index (χ4n) is 2.89. The Hall–Kier alpha value is -3.76. The Balaban J connectivity index is 1.50. The van der Waals surface area contributed by atoms with Gasteiger partial charge >= 0.3 is 6.18 Å². The topological polar surface area (TPSA) is 89.9 Å². The van der Waals surface area contributed by atoms with Crippen LogP contribution in [0.15, 0.2) is 53.3 Å². The van der Waals surface area contributed by atoms with Crippen molar-refractivity contribution in [1.82, 2.24) is 29.8 Å². The molecule has 0 radical (unpaired) electrons. The molecule has 8 nitrogen and oxygen atoms in total. The second-order valence-corrected chi connectivity index (χ2v) is 6.60. The van der Waals surface area contributed by atoms with E-state index in [-0.39, 0.29) is 18.0 Å². The number of aromatic nitrogens is 5. The van der Waals surface area contributed by atoms with Crippen molar-refractivity contribution in [3.8, 4) is 0 Å². The SMILES string of the molecule is CN(Cc1nc(C(F)(F)F)no1)C(=O)c1cnc2c(cnn2Cc2ccccc2)c1. The molecule has 0 saturated heterocycles. The van der Waals surface area contributed by atoms with Gasteiger partial charge in [0.05, 0.1) is 24.8 Å². The van der Waals surface area contributed by atoms with Crippen LogP contribution in [0.5, 0.6) is 0 Å². The zero-order chi connectivity index (χ0) is 21.3. The van der Waals surface area contributed by atoms with Crippen LogP contribution in [0.4, 0.5) is 13.2 Å². The molecule has 1 aromatic carbocycles. The molecule has 0 unspecified atom stereocenters. The summed E-state index contributed by atoms with van der Waals surface area (Å²) in [6, 6.07) is 11.4. The number of carbonyl (C=O) groups is 1. The largest absolute Gasteiger partial charge is 0.455 e. The number of fused-ring (bicyclic) bond motifs is 1. The third kappa shape index (κ3) is 4.00. The molecule has 0 aliphatic heterocycles. The van der Waals surface area contributed by atoms with E-state index in [9.17, 15) is 18.0 Å². The highest BCUT2D eigenvalue weighted by atomic mass is 19.4. The molecule has 1 amide bonds. The van der Waals surface area contributed by atoms with E-state index in [1.165, 1.54) is 18.1 Å². The number of hydrogen-bond acceptors (Lipinski definition) is 6. The van der Waals surface area contributed by atoms with Crippen LogP contribution in [0.3, 0.4) is 0 Å². The first-order valence-corrected chi connectivity index (χ1v) is 8.82. The Morgan fingerprint density at radius 2 is 1.97 bits per heavy atom. The normalized spacial score (nSPS) is 11.7. The van der Waals surface area contributed by atoms with Crippen LogP contribution >= 0.6 is 0 Å². The molecule has 0 fully saturated rings. The molecule has 0 spiro atoms. The number of amides is 1. The summed E-state index contributed by atoms with van der Waals surface area (Å²) in [5, 5.41) is 7.87. The molecule has 0 N–H and O–H groups in total. The highest BCUT2D eigenvalue weighted by Gasteiger charge is 2.37. The van der Waals surface area contributed by atoms with Gasteiger partial charge in [-0.1, -0.05) is 35.5 Å². The lowest BCUT2D eigenvalue weighted by Crippen LogP contribution is -2.26. The van der Waals surface area contributed by atoms with E-state index in [2.05, 4.69) is 24.7 Å². The fourth-order valence-corrected chi connectivity index (χ4v) is 2.89. The van der Waals surface area contributed by atoms with E-state index in [1.54, 1.807) is 16.9 Å². The summed E-state index contributed by atoms with van der Waals surface area (Å²) in [7, 11) is 1.42. The van der Waals surface area contributed by atoms with Crippen molar-refractivity contribution >= 4 is 16.9 Å². The minimum Gasteiger partial charge on any atom is -0.337 e. The van der Waals surface area contributed by atoms with Crippen LogP contribution < -0.4 is 0 Å². The molecule has 4 aromatic rings. The Labute approximate surface area is 167 Å². The molecule has 154 valence electrons. The minimum absolute atomic E-state index is 0.264. The van der Waals surface area contributed by atoms with Gasteiger partial charge in [-0.05, 0) is 11.6 Å². The maximum Gasteiger partial charge on any atom is 0.455 e. The highest BCUT2D eigenvalue weighted by Crippen LogP contribution is 2.26. The summed E-state index contributed by atoms with van der Waals surface area (Å²) < 4.78 is 44.0. The quantitative estimate of drug-likeness (QED) is 0.497. The van der Waals surface area contributed by atoms with Crippen LogP contribution in [0.25, 0.3) is 11.0 Å². The third-order valence-corrected chi connectivity index (χ3v) is 4.34. The van der Waals surface area contributed by atoms with Crippen molar-refractivity contribution < 1.29 is 22.5 Å². The second kappa shape index (κ2) is 7.58. The van der Waals surface area contributed by atoms with E-state index in [1.807, 2.05) is 30.3 Å². The molecule has 0 saturated carbocycles. The standard InChI is InChI=1S/C19H15F3N6O2/c1-27(11-15-25-18(26-30-15)19(20,21)22)17(29)14-7-13-9-24-28(16(13)23-8-14)10-12-5-3-2-4-6-12/h2-9H,10-11H2,1H3. The molecule has 0 atom stereocenters. The number of benzene rings is 1. The number of halogens is 3. The zero-order valence-electron chi connectivity index (χ0n) is 15.7. The van der Waals surface area contributed by atoms with Crippen molar-refractivity contribution in [3.05, 3.63) is 71.6 Å². The van der Waals surface area contributed by atoms with Crippen LogP contribution in [-0.2, 0) is 19.3 Å². The van der Waals surface area contributed by atoms with Crippen molar-refractivity contribution in [1.29, 1.82) is 0 Å². The molecule has 0 aliphatic carbocycles. The molecular weight excluding hydrogens is 401 g/mol. The highest BCUT2D eigenvalue weighted by molar-refractivity contribution is 5.96. The zero-order valence-corrected chi connectivity index (χ0v) is 15.7. The van der Waals surface area contributed by atoms with Gasteiger partial charge in [0.15, 0.2) is 5.65 Å². The number of rotatable bonds is 5. The molecule has 30 heavy (non-hydrogen) atoms.